The minimum absolute atomic E-state index is 0.136. The second-order valence-corrected chi connectivity index (χ2v) is 25.1. The van der Waals surface area contributed by atoms with Crippen LogP contribution in [0.2, 0.25) is 36.3 Å². The van der Waals surface area contributed by atoms with Crippen molar-refractivity contribution in [2.75, 3.05) is 6.61 Å². The topological polar surface area (TPSA) is 27.7 Å². The lowest BCUT2D eigenvalue weighted by Gasteiger charge is -2.48. The van der Waals surface area contributed by atoms with E-state index in [0.29, 0.717) is 11.8 Å². The van der Waals surface area contributed by atoms with Crippen molar-refractivity contribution in [3.8, 4) is 11.5 Å². The van der Waals surface area contributed by atoms with Crippen molar-refractivity contribution in [3.05, 3.63) is 34.9 Å². The van der Waals surface area contributed by atoms with E-state index in [1.54, 1.807) is 0 Å². The molecule has 0 N–H and O–H groups in total. The molecule has 2 atom stereocenters. The third-order valence-electron chi connectivity index (χ3n) is 10.1. The zero-order valence-electron chi connectivity index (χ0n) is 27.1. The summed E-state index contributed by atoms with van der Waals surface area (Å²) >= 11 is 0. The molecular formula is C33H58O3Si2. The van der Waals surface area contributed by atoms with Crippen LogP contribution in [0.25, 0.3) is 0 Å². The van der Waals surface area contributed by atoms with E-state index in [9.17, 15) is 0 Å². The van der Waals surface area contributed by atoms with Gasteiger partial charge in [0.25, 0.3) is 0 Å². The maximum Gasteiger partial charge on any atom is 0.250 e. The largest absolute Gasteiger partial charge is 0.543 e. The Hall–Kier alpha value is -1.05. The number of hydrogen-bond acceptors (Lipinski definition) is 3. The molecule has 3 nitrogen and oxygen atoms in total. The fraction of sp³-hybridized carbons (Fsp3) is 0.758. The van der Waals surface area contributed by atoms with Crippen molar-refractivity contribution in [2.24, 2.45) is 5.92 Å². The average Bonchev–Trinajstić information content (AvgIpc) is 2.75. The van der Waals surface area contributed by atoms with Crippen LogP contribution in [0.4, 0.5) is 0 Å². The molecule has 1 aromatic carbocycles. The molecule has 0 fully saturated rings. The van der Waals surface area contributed by atoms with Gasteiger partial charge in [-0.3, -0.25) is 0 Å². The van der Waals surface area contributed by atoms with E-state index < -0.39 is 16.6 Å². The summed E-state index contributed by atoms with van der Waals surface area (Å²) in [6, 6.07) is 4.69. The normalized spacial score (nSPS) is 21.8. The Kier molecular flexibility index (Phi) is 9.18. The summed E-state index contributed by atoms with van der Waals surface area (Å²) in [5.74, 6) is 2.85. The fourth-order valence-electron chi connectivity index (χ4n) is 5.31. The zero-order chi connectivity index (χ0) is 28.7. The van der Waals surface area contributed by atoms with Gasteiger partial charge in [0, 0.05) is 17.4 Å². The van der Waals surface area contributed by atoms with Gasteiger partial charge in [-0.05, 0) is 99.1 Å². The summed E-state index contributed by atoms with van der Waals surface area (Å²) in [6.45, 7) is 31.0. The van der Waals surface area contributed by atoms with Crippen molar-refractivity contribution < 1.29 is 13.6 Å². The van der Waals surface area contributed by atoms with Crippen LogP contribution in [0.15, 0.2) is 23.8 Å². The van der Waals surface area contributed by atoms with Crippen LogP contribution in [0, 0.1) is 5.92 Å². The van der Waals surface area contributed by atoms with E-state index in [4.69, 9.17) is 13.6 Å². The molecule has 0 spiro atoms. The van der Waals surface area contributed by atoms with Gasteiger partial charge in [-0.2, -0.15) is 0 Å². The second-order valence-electron chi connectivity index (χ2n) is 15.6. The summed E-state index contributed by atoms with van der Waals surface area (Å²) < 4.78 is 20.7. The molecule has 0 saturated carbocycles. The van der Waals surface area contributed by atoms with E-state index in [2.05, 4.69) is 107 Å². The van der Waals surface area contributed by atoms with Gasteiger partial charge in [-0.1, -0.05) is 67.4 Å². The standard InChI is InChI=1S/C33H58O3Si2/c1-14-15-16-17-24-21-28-30(29(22-24)36-38(12,13)32(5,6)7)26-20-25(18-19-27(26)33(8,9)35-28)23-34-37(10,11)31(2,3)4/h20-22,26-27H,14-19,23H2,1-13H3/t26-,27-/m1/s1. The second kappa shape index (κ2) is 11.1. The molecule has 3 rings (SSSR count). The maximum absolute atomic E-state index is 7.13. The number of rotatable bonds is 9. The molecule has 0 saturated heterocycles. The number of ether oxygens (including phenoxy) is 1. The lowest BCUT2D eigenvalue weighted by atomic mass is 9.68. The fourth-order valence-corrected chi connectivity index (χ4v) is 7.32. The number of benzene rings is 1. The number of unbranched alkanes of at least 4 members (excludes halogenated alkanes) is 2. The van der Waals surface area contributed by atoms with Crippen molar-refractivity contribution in [1.82, 2.24) is 0 Å². The molecule has 0 unspecified atom stereocenters. The van der Waals surface area contributed by atoms with Crippen molar-refractivity contribution >= 4 is 16.6 Å². The van der Waals surface area contributed by atoms with Gasteiger partial charge in [0.2, 0.25) is 8.32 Å². The highest BCUT2D eigenvalue weighted by Gasteiger charge is 2.47. The summed E-state index contributed by atoms with van der Waals surface area (Å²) in [6.07, 6.45) is 9.53. The Balaban J connectivity index is 2.07. The highest BCUT2D eigenvalue weighted by atomic mass is 28.4. The van der Waals surface area contributed by atoms with E-state index in [0.717, 1.165) is 37.4 Å². The first-order valence-electron chi connectivity index (χ1n) is 15.2. The van der Waals surface area contributed by atoms with Gasteiger partial charge in [0.15, 0.2) is 8.32 Å². The van der Waals surface area contributed by atoms with Crippen LogP contribution in [0.5, 0.6) is 11.5 Å². The van der Waals surface area contributed by atoms with Gasteiger partial charge in [0.1, 0.15) is 17.1 Å². The number of allylic oxidation sites excluding steroid dienone is 1. The van der Waals surface area contributed by atoms with E-state index in [1.165, 1.54) is 36.0 Å². The molecule has 2 aliphatic rings. The van der Waals surface area contributed by atoms with Crippen LogP contribution >= 0.6 is 0 Å². The third kappa shape index (κ3) is 6.80. The lowest BCUT2D eigenvalue weighted by molar-refractivity contribution is 0.0103. The molecule has 0 radical (unpaired) electrons. The Morgan fingerprint density at radius 3 is 2.16 bits per heavy atom. The van der Waals surface area contributed by atoms with Gasteiger partial charge >= 0.3 is 0 Å². The predicted octanol–water partition coefficient (Wildman–Crippen LogP) is 10.4. The van der Waals surface area contributed by atoms with Gasteiger partial charge in [-0.25, -0.2) is 0 Å². The van der Waals surface area contributed by atoms with Crippen LogP contribution < -0.4 is 9.16 Å². The summed E-state index contributed by atoms with van der Waals surface area (Å²) in [5.41, 5.74) is 3.87. The quantitative estimate of drug-likeness (QED) is 0.171. The Bertz CT molecular complexity index is 1010. The molecule has 0 amide bonds. The highest BCUT2D eigenvalue weighted by Crippen LogP contribution is 2.55. The van der Waals surface area contributed by atoms with E-state index in [-0.39, 0.29) is 15.7 Å². The van der Waals surface area contributed by atoms with Crippen molar-refractivity contribution in [3.63, 3.8) is 0 Å². The molecular weight excluding hydrogens is 501 g/mol. The maximum atomic E-state index is 7.13. The van der Waals surface area contributed by atoms with Crippen LogP contribution in [-0.2, 0) is 10.8 Å². The summed E-state index contributed by atoms with van der Waals surface area (Å²) in [4.78, 5) is 0. The minimum Gasteiger partial charge on any atom is -0.543 e. The summed E-state index contributed by atoms with van der Waals surface area (Å²) in [5, 5.41) is 0.354. The van der Waals surface area contributed by atoms with Crippen molar-refractivity contribution in [1.29, 1.82) is 0 Å². The van der Waals surface area contributed by atoms with Gasteiger partial charge in [0.05, 0.1) is 6.61 Å². The Morgan fingerprint density at radius 1 is 0.947 bits per heavy atom. The minimum atomic E-state index is -2.03. The lowest BCUT2D eigenvalue weighted by Crippen LogP contribution is -2.47. The third-order valence-corrected chi connectivity index (χ3v) is 18.9. The Morgan fingerprint density at radius 2 is 1.58 bits per heavy atom. The van der Waals surface area contributed by atoms with Crippen LogP contribution in [0.3, 0.4) is 0 Å². The number of hydrogen-bond donors (Lipinski definition) is 0. The van der Waals surface area contributed by atoms with Gasteiger partial charge in [-0.15, -0.1) is 0 Å². The molecule has 1 aliphatic carbocycles. The molecule has 1 aliphatic heterocycles. The number of aryl methyl sites for hydroxylation is 1. The van der Waals surface area contributed by atoms with Gasteiger partial charge < -0.3 is 13.6 Å². The predicted molar refractivity (Wildman–Crippen MR) is 169 cm³/mol. The SMILES string of the molecule is CCCCCc1cc2c(c(O[Si](C)(C)C(C)(C)C)c1)[C@@H]1C=C(CO[Si](C)(C)C(C)(C)C)CC[C@H]1C(C)(C)O2. The van der Waals surface area contributed by atoms with E-state index in [1.807, 2.05) is 0 Å². The summed E-state index contributed by atoms with van der Waals surface area (Å²) in [7, 11) is -3.84. The van der Waals surface area contributed by atoms with E-state index >= 15 is 0 Å². The van der Waals surface area contributed by atoms with Crippen LogP contribution in [-0.4, -0.2) is 28.8 Å². The molecule has 1 heterocycles. The molecule has 0 aromatic heterocycles. The monoisotopic (exact) mass is 558 g/mol. The zero-order valence-corrected chi connectivity index (χ0v) is 29.1. The molecule has 0 bridgehead atoms. The first kappa shape index (κ1) is 31.5. The highest BCUT2D eigenvalue weighted by molar-refractivity contribution is 6.75. The van der Waals surface area contributed by atoms with Crippen molar-refractivity contribution in [2.45, 2.75) is 149 Å². The molecule has 38 heavy (non-hydrogen) atoms. The first-order valence-corrected chi connectivity index (χ1v) is 21.0. The smallest absolute Gasteiger partial charge is 0.250 e. The molecule has 1 aromatic rings. The molecule has 5 heteroatoms. The Labute approximate surface area is 237 Å². The first-order chi connectivity index (χ1) is 17.3. The van der Waals surface area contributed by atoms with Crippen LogP contribution in [0.1, 0.15) is 111 Å². The number of fused-ring (bicyclic) bond motifs is 3. The average molecular weight is 559 g/mol. The molecule has 216 valence electrons.